The smallest absolute Gasteiger partial charge is 0.282 e. The molecule has 0 saturated carbocycles. The summed E-state index contributed by atoms with van der Waals surface area (Å²) in [5, 5.41) is 4.93. The molecule has 0 fully saturated rings. The highest BCUT2D eigenvalue weighted by Gasteiger charge is 2.11. The zero-order chi connectivity index (χ0) is 18.7. The lowest BCUT2D eigenvalue weighted by molar-refractivity contribution is 0.289. The number of benzene rings is 1. The number of aromatic nitrogens is 2. The molecule has 0 saturated heterocycles. The van der Waals surface area contributed by atoms with E-state index in [1.54, 1.807) is 6.21 Å². The first-order chi connectivity index (χ1) is 12.5. The minimum Gasteiger partial charge on any atom is -0.494 e. The van der Waals surface area contributed by atoms with Crippen LogP contribution in [0.3, 0.4) is 0 Å². The second-order valence-electron chi connectivity index (χ2n) is 6.70. The summed E-state index contributed by atoms with van der Waals surface area (Å²) in [6.45, 7) is 9.01. The van der Waals surface area contributed by atoms with Gasteiger partial charge in [-0.3, -0.25) is 4.79 Å². The summed E-state index contributed by atoms with van der Waals surface area (Å²) in [6, 6.07) is 7.67. The van der Waals surface area contributed by atoms with E-state index in [2.05, 4.69) is 23.9 Å². The number of hydrogen-bond acceptors (Lipinski definition) is 5. The summed E-state index contributed by atoms with van der Waals surface area (Å²) in [7, 11) is 0. The molecule has 0 amide bonds. The second-order valence-corrected chi connectivity index (χ2v) is 7.91. The van der Waals surface area contributed by atoms with E-state index in [9.17, 15) is 4.79 Å². The van der Waals surface area contributed by atoms with Gasteiger partial charge in [-0.05, 0) is 61.6 Å². The highest BCUT2D eigenvalue weighted by Crippen LogP contribution is 2.25. The van der Waals surface area contributed by atoms with E-state index in [-0.39, 0.29) is 5.56 Å². The van der Waals surface area contributed by atoms with Gasteiger partial charge in [0, 0.05) is 4.88 Å². The summed E-state index contributed by atoms with van der Waals surface area (Å²) in [5.74, 6) is 1.47. The number of fused-ring (bicyclic) bond motifs is 1. The highest BCUT2D eigenvalue weighted by molar-refractivity contribution is 7.18. The van der Waals surface area contributed by atoms with E-state index in [0.717, 1.165) is 33.0 Å². The van der Waals surface area contributed by atoms with Gasteiger partial charge in [-0.2, -0.15) is 9.78 Å². The molecule has 3 aromatic rings. The molecule has 0 aliphatic heterocycles. The standard InChI is InChI=1S/C20H23N3O2S/c1-13(2)9-10-25-17-7-5-16(6-8-17)11-22-23-12-21-19-18(20(23)24)14(3)15(4)26-19/h5-8,11-13H,9-10H2,1-4H3/b22-11+. The maximum Gasteiger partial charge on any atom is 0.282 e. The van der Waals surface area contributed by atoms with Gasteiger partial charge in [0.05, 0.1) is 18.2 Å². The molecule has 26 heavy (non-hydrogen) atoms. The molecule has 0 N–H and O–H groups in total. The van der Waals surface area contributed by atoms with Crippen molar-refractivity contribution in [1.82, 2.24) is 9.66 Å². The lowest BCUT2D eigenvalue weighted by Gasteiger charge is -2.07. The Hall–Kier alpha value is -2.47. The molecular formula is C20H23N3O2S. The van der Waals surface area contributed by atoms with Gasteiger partial charge in [0.15, 0.2) is 0 Å². The Morgan fingerprint density at radius 1 is 1.27 bits per heavy atom. The van der Waals surface area contributed by atoms with Crippen molar-refractivity contribution in [1.29, 1.82) is 0 Å². The molecule has 0 aliphatic rings. The van der Waals surface area contributed by atoms with Gasteiger partial charge in [0.2, 0.25) is 0 Å². The van der Waals surface area contributed by atoms with Gasteiger partial charge < -0.3 is 4.74 Å². The molecule has 0 unspecified atom stereocenters. The molecule has 0 radical (unpaired) electrons. The van der Waals surface area contributed by atoms with Crippen molar-refractivity contribution in [2.45, 2.75) is 34.1 Å². The Labute approximate surface area is 157 Å². The maximum absolute atomic E-state index is 12.6. The van der Waals surface area contributed by atoms with Crippen molar-refractivity contribution in [2.24, 2.45) is 11.0 Å². The Bertz CT molecular complexity index is 985. The summed E-state index contributed by atoms with van der Waals surface area (Å²) < 4.78 is 7.00. The van der Waals surface area contributed by atoms with Crippen molar-refractivity contribution < 1.29 is 4.74 Å². The van der Waals surface area contributed by atoms with Crippen LogP contribution in [0.15, 0.2) is 40.5 Å². The zero-order valence-electron chi connectivity index (χ0n) is 15.5. The maximum atomic E-state index is 12.6. The van der Waals surface area contributed by atoms with Gasteiger partial charge in [-0.25, -0.2) is 4.98 Å². The van der Waals surface area contributed by atoms with Gasteiger partial charge in [0.25, 0.3) is 5.56 Å². The summed E-state index contributed by atoms with van der Waals surface area (Å²) in [4.78, 5) is 18.8. The molecule has 0 atom stereocenters. The van der Waals surface area contributed by atoms with Crippen LogP contribution < -0.4 is 10.3 Å². The van der Waals surface area contributed by atoms with Crippen LogP contribution in [0.4, 0.5) is 0 Å². The van der Waals surface area contributed by atoms with Crippen LogP contribution in [0.5, 0.6) is 5.75 Å². The average Bonchev–Trinajstić information content (AvgIpc) is 2.90. The Kier molecular flexibility index (Phi) is 5.52. The third-order valence-electron chi connectivity index (χ3n) is 4.25. The first kappa shape index (κ1) is 18.3. The largest absolute Gasteiger partial charge is 0.494 e. The van der Waals surface area contributed by atoms with E-state index in [1.807, 2.05) is 38.1 Å². The fraction of sp³-hybridized carbons (Fsp3) is 0.350. The molecule has 2 heterocycles. The van der Waals surface area contributed by atoms with Gasteiger partial charge in [0.1, 0.15) is 16.9 Å². The SMILES string of the molecule is Cc1sc2ncn(/N=C/c3ccc(OCCC(C)C)cc3)c(=O)c2c1C. The van der Waals surface area contributed by atoms with Crippen LogP contribution in [-0.2, 0) is 0 Å². The number of aryl methyl sites for hydroxylation is 2. The Morgan fingerprint density at radius 3 is 2.69 bits per heavy atom. The van der Waals surface area contributed by atoms with Crippen molar-refractivity contribution in [3.05, 3.63) is 57.0 Å². The van der Waals surface area contributed by atoms with Crippen molar-refractivity contribution in [2.75, 3.05) is 6.61 Å². The topological polar surface area (TPSA) is 56.5 Å². The van der Waals surface area contributed by atoms with Crippen LogP contribution in [-0.4, -0.2) is 22.5 Å². The predicted octanol–water partition coefficient (Wildman–Crippen LogP) is 4.38. The van der Waals surface area contributed by atoms with E-state index >= 15 is 0 Å². The molecule has 0 spiro atoms. The molecule has 6 heteroatoms. The second kappa shape index (κ2) is 7.83. The van der Waals surface area contributed by atoms with Crippen LogP contribution >= 0.6 is 11.3 Å². The monoisotopic (exact) mass is 369 g/mol. The van der Waals surface area contributed by atoms with E-state index in [1.165, 1.54) is 22.3 Å². The van der Waals surface area contributed by atoms with E-state index in [0.29, 0.717) is 17.9 Å². The number of rotatable bonds is 6. The Balaban J connectivity index is 1.75. The quantitative estimate of drug-likeness (QED) is 0.606. The fourth-order valence-electron chi connectivity index (χ4n) is 2.50. The van der Waals surface area contributed by atoms with Crippen molar-refractivity contribution in [3.8, 4) is 5.75 Å². The van der Waals surface area contributed by atoms with E-state index < -0.39 is 0 Å². The molecule has 2 aromatic heterocycles. The normalized spacial score (nSPS) is 11.7. The minimum absolute atomic E-state index is 0.137. The number of nitrogens with zero attached hydrogens (tertiary/aromatic N) is 3. The molecule has 1 aromatic carbocycles. The van der Waals surface area contributed by atoms with Crippen LogP contribution in [0.1, 0.15) is 36.3 Å². The fourth-order valence-corrected chi connectivity index (χ4v) is 3.49. The molecule has 0 bridgehead atoms. The molecule has 5 nitrogen and oxygen atoms in total. The molecule has 0 aliphatic carbocycles. The predicted molar refractivity (Wildman–Crippen MR) is 108 cm³/mol. The highest BCUT2D eigenvalue weighted by atomic mass is 32.1. The summed E-state index contributed by atoms with van der Waals surface area (Å²) in [5.41, 5.74) is 1.74. The first-order valence-corrected chi connectivity index (χ1v) is 9.52. The summed E-state index contributed by atoms with van der Waals surface area (Å²) >= 11 is 1.54. The number of thiophene rings is 1. The van der Waals surface area contributed by atoms with Crippen LogP contribution in [0.2, 0.25) is 0 Å². The first-order valence-electron chi connectivity index (χ1n) is 8.70. The Morgan fingerprint density at radius 2 is 2.00 bits per heavy atom. The molecule has 3 rings (SSSR count). The molecular weight excluding hydrogens is 346 g/mol. The van der Waals surface area contributed by atoms with Crippen LogP contribution in [0.25, 0.3) is 10.2 Å². The van der Waals surface area contributed by atoms with Crippen molar-refractivity contribution in [3.63, 3.8) is 0 Å². The minimum atomic E-state index is -0.137. The molecule has 136 valence electrons. The van der Waals surface area contributed by atoms with E-state index in [4.69, 9.17) is 4.74 Å². The summed E-state index contributed by atoms with van der Waals surface area (Å²) in [6.07, 6.45) is 4.16. The third kappa shape index (κ3) is 4.02. The number of hydrogen-bond donors (Lipinski definition) is 0. The van der Waals surface area contributed by atoms with Gasteiger partial charge in [-0.15, -0.1) is 11.3 Å². The van der Waals surface area contributed by atoms with Crippen molar-refractivity contribution >= 4 is 27.8 Å². The van der Waals surface area contributed by atoms with Gasteiger partial charge >= 0.3 is 0 Å². The van der Waals surface area contributed by atoms with Crippen LogP contribution in [0, 0.1) is 19.8 Å². The average molecular weight is 369 g/mol. The van der Waals surface area contributed by atoms with Gasteiger partial charge in [-0.1, -0.05) is 13.8 Å². The number of ether oxygens (including phenoxy) is 1. The lowest BCUT2D eigenvalue weighted by atomic mass is 10.1. The zero-order valence-corrected chi connectivity index (χ0v) is 16.3. The third-order valence-corrected chi connectivity index (χ3v) is 5.36. The lowest BCUT2D eigenvalue weighted by Crippen LogP contribution is -2.16.